The minimum absolute atomic E-state index is 0.0504. The summed E-state index contributed by atoms with van der Waals surface area (Å²) in [5.41, 5.74) is 0.214. The van der Waals surface area contributed by atoms with Crippen LogP contribution in [0, 0.1) is 11.7 Å². The molecule has 5 nitrogen and oxygen atoms in total. The molecule has 0 saturated carbocycles. The second-order valence-electron chi connectivity index (χ2n) is 5.62. The number of amides is 2. The summed E-state index contributed by atoms with van der Waals surface area (Å²) in [7, 11) is 1.45. The van der Waals surface area contributed by atoms with Gasteiger partial charge < -0.3 is 14.5 Å². The van der Waals surface area contributed by atoms with Crippen molar-refractivity contribution in [1.29, 1.82) is 0 Å². The number of piperazine rings is 1. The summed E-state index contributed by atoms with van der Waals surface area (Å²) in [5, 5.41) is 0. The number of methoxy groups -OCH3 is 1. The summed E-state index contributed by atoms with van der Waals surface area (Å²) in [5.74, 6) is -0.348. The molecule has 0 atom stereocenters. The maximum Gasteiger partial charge on any atom is 0.257 e. The Bertz CT molecular complexity index is 567. The van der Waals surface area contributed by atoms with Gasteiger partial charge in [0.25, 0.3) is 5.91 Å². The third-order valence-corrected chi connectivity index (χ3v) is 3.76. The Morgan fingerprint density at radius 2 is 1.73 bits per heavy atom. The van der Waals surface area contributed by atoms with Gasteiger partial charge in [0, 0.05) is 32.1 Å². The van der Waals surface area contributed by atoms with E-state index in [0.29, 0.717) is 31.9 Å². The van der Waals surface area contributed by atoms with E-state index in [1.165, 1.54) is 25.3 Å². The molecule has 1 aliphatic rings. The highest BCUT2D eigenvalue weighted by Crippen LogP contribution is 2.22. The van der Waals surface area contributed by atoms with Gasteiger partial charge in [-0.15, -0.1) is 0 Å². The van der Waals surface area contributed by atoms with E-state index in [9.17, 15) is 14.0 Å². The fraction of sp³-hybridized carbons (Fsp3) is 0.500. The monoisotopic (exact) mass is 308 g/mol. The second-order valence-corrected chi connectivity index (χ2v) is 5.62. The first-order chi connectivity index (χ1) is 10.4. The van der Waals surface area contributed by atoms with Gasteiger partial charge in [-0.25, -0.2) is 4.39 Å². The van der Waals surface area contributed by atoms with Gasteiger partial charge in [-0.3, -0.25) is 9.59 Å². The molecule has 0 radical (unpaired) electrons. The van der Waals surface area contributed by atoms with E-state index in [1.54, 1.807) is 9.80 Å². The van der Waals surface area contributed by atoms with Gasteiger partial charge in [-0.2, -0.15) is 0 Å². The van der Waals surface area contributed by atoms with Gasteiger partial charge in [-0.1, -0.05) is 13.8 Å². The molecule has 0 N–H and O–H groups in total. The van der Waals surface area contributed by atoms with Gasteiger partial charge in [-0.05, 0) is 18.2 Å². The molecule has 2 amide bonds. The summed E-state index contributed by atoms with van der Waals surface area (Å²) >= 11 is 0. The van der Waals surface area contributed by atoms with Gasteiger partial charge in [0.1, 0.15) is 11.6 Å². The Kier molecular flexibility index (Phi) is 5.00. The molecule has 120 valence electrons. The average molecular weight is 308 g/mol. The van der Waals surface area contributed by atoms with E-state index in [4.69, 9.17) is 4.74 Å². The van der Waals surface area contributed by atoms with Crippen LogP contribution in [0.3, 0.4) is 0 Å². The van der Waals surface area contributed by atoms with E-state index < -0.39 is 5.82 Å². The maximum absolute atomic E-state index is 13.4. The predicted octanol–water partition coefficient (Wildman–Crippen LogP) is 1.77. The predicted molar refractivity (Wildman–Crippen MR) is 80.3 cm³/mol. The molecular weight excluding hydrogens is 287 g/mol. The number of carbonyl (C=O) groups excluding carboxylic acids is 2. The second kappa shape index (κ2) is 6.77. The summed E-state index contributed by atoms with van der Waals surface area (Å²) < 4.78 is 18.5. The van der Waals surface area contributed by atoms with Crippen molar-refractivity contribution >= 4 is 11.8 Å². The highest BCUT2D eigenvalue weighted by atomic mass is 19.1. The standard InChI is InChI=1S/C16H21FN2O3/c1-11(2)15(20)18-6-8-19(9-7-18)16(21)13-10-12(17)4-5-14(13)22-3/h4-5,10-11H,6-9H2,1-3H3. The van der Waals surface area contributed by atoms with Crippen LogP contribution in [0.25, 0.3) is 0 Å². The largest absolute Gasteiger partial charge is 0.496 e. The zero-order valence-electron chi connectivity index (χ0n) is 13.1. The molecule has 22 heavy (non-hydrogen) atoms. The Morgan fingerprint density at radius 3 is 2.27 bits per heavy atom. The first kappa shape index (κ1) is 16.3. The van der Waals surface area contributed by atoms with Crippen LogP contribution in [0.2, 0.25) is 0 Å². The number of hydrogen-bond acceptors (Lipinski definition) is 3. The SMILES string of the molecule is COc1ccc(F)cc1C(=O)N1CCN(C(=O)C(C)C)CC1. The number of carbonyl (C=O) groups is 2. The van der Waals surface area contributed by atoms with Crippen molar-refractivity contribution < 1.29 is 18.7 Å². The van der Waals surface area contributed by atoms with Crippen molar-refractivity contribution in [2.45, 2.75) is 13.8 Å². The van der Waals surface area contributed by atoms with Crippen LogP contribution >= 0.6 is 0 Å². The number of nitrogens with zero attached hydrogens (tertiary/aromatic N) is 2. The molecule has 0 aliphatic carbocycles. The Labute approximate surface area is 129 Å². The number of benzene rings is 1. The molecule has 1 aromatic carbocycles. The molecule has 6 heteroatoms. The van der Waals surface area contributed by atoms with Crippen molar-refractivity contribution in [2.75, 3.05) is 33.3 Å². The smallest absolute Gasteiger partial charge is 0.257 e. The lowest BCUT2D eigenvalue weighted by atomic mass is 10.1. The average Bonchev–Trinajstić information content (AvgIpc) is 2.53. The number of hydrogen-bond donors (Lipinski definition) is 0. The molecule has 1 aromatic rings. The molecular formula is C16H21FN2O3. The highest BCUT2D eigenvalue weighted by Gasteiger charge is 2.27. The molecule has 1 aliphatic heterocycles. The van der Waals surface area contributed by atoms with Crippen LogP contribution in [0.1, 0.15) is 24.2 Å². The lowest BCUT2D eigenvalue weighted by molar-refractivity contribution is -0.135. The van der Waals surface area contributed by atoms with Crippen LogP contribution < -0.4 is 4.74 Å². The molecule has 1 saturated heterocycles. The summed E-state index contributed by atoms with van der Waals surface area (Å²) in [6.07, 6.45) is 0. The van der Waals surface area contributed by atoms with Crippen LogP contribution in [-0.2, 0) is 4.79 Å². The molecule has 0 spiro atoms. The van der Waals surface area contributed by atoms with Crippen molar-refractivity contribution in [3.05, 3.63) is 29.6 Å². The van der Waals surface area contributed by atoms with E-state index in [1.807, 2.05) is 13.8 Å². The number of rotatable bonds is 3. The van der Waals surface area contributed by atoms with Crippen molar-refractivity contribution in [1.82, 2.24) is 9.80 Å². The van der Waals surface area contributed by atoms with E-state index in [2.05, 4.69) is 0 Å². The molecule has 0 bridgehead atoms. The zero-order valence-corrected chi connectivity index (χ0v) is 13.1. The van der Waals surface area contributed by atoms with Gasteiger partial charge in [0.05, 0.1) is 12.7 Å². The highest BCUT2D eigenvalue weighted by molar-refractivity contribution is 5.97. The molecule has 0 aromatic heterocycles. The molecule has 0 unspecified atom stereocenters. The fourth-order valence-corrected chi connectivity index (χ4v) is 2.51. The molecule has 1 fully saturated rings. The number of ether oxygens (including phenoxy) is 1. The van der Waals surface area contributed by atoms with Gasteiger partial charge in [0.2, 0.25) is 5.91 Å². The lowest BCUT2D eigenvalue weighted by Gasteiger charge is -2.35. The van der Waals surface area contributed by atoms with Crippen LogP contribution in [0.4, 0.5) is 4.39 Å². The molecule has 1 heterocycles. The van der Waals surface area contributed by atoms with Gasteiger partial charge >= 0.3 is 0 Å². The fourth-order valence-electron chi connectivity index (χ4n) is 2.51. The van der Waals surface area contributed by atoms with E-state index in [-0.39, 0.29) is 23.3 Å². The summed E-state index contributed by atoms with van der Waals surface area (Å²) in [6.45, 7) is 5.60. The van der Waals surface area contributed by atoms with Crippen LogP contribution in [0.15, 0.2) is 18.2 Å². The maximum atomic E-state index is 13.4. The third kappa shape index (κ3) is 3.37. The van der Waals surface area contributed by atoms with Crippen molar-refractivity contribution in [3.63, 3.8) is 0 Å². The molecule has 2 rings (SSSR count). The van der Waals surface area contributed by atoms with E-state index >= 15 is 0 Å². The van der Waals surface area contributed by atoms with Crippen molar-refractivity contribution in [2.24, 2.45) is 5.92 Å². The Morgan fingerprint density at radius 1 is 1.14 bits per heavy atom. The van der Waals surface area contributed by atoms with Crippen molar-refractivity contribution in [3.8, 4) is 5.75 Å². The first-order valence-corrected chi connectivity index (χ1v) is 7.35. The lowest BCUT2D eigenvalue weighted by Crippen LogP contribution is -2.51. The minimum Gasteiger partial charge on any atom is -0.496 e. The minimum atomic E-state index is -0.474. The summed E-state index contributed by atoms with van der Waals surface area (Å²) in [4.78, 5) is 27.8. The van der Waals surface area contributed by atoms with E-state index in [0.717, 1.165) is 0 Å². The van der Waals surface area contributed by atoms with Crippen LogP contribution in [-0.4, -0.2) is 54.9 Å². The topological polar surface area (TPSA) is 49.9 Å². The Hall–Kier alpha value is -2.11. The zero-order chi connectivity index (χ0) is 16.3. The summed E-state index contributed by atoms with van der Waals surface area (Å²) in [6, 6.07) is 3.89. The Balaban J connectivity index is 2.07. The number of halogens is 1. The van der Waals surface area contributed by atoms with Gasteiger partial charge in [0.15, 0.2) is 0 Å². The van der Waals surface area contributed by atoms with Crippen LogP contribution in [0.5, 0.6) is 5.75 Å². The quantitative estimate of drug-likeness (QED) is 0.855. The first-order valence-electron chi connectivity index (χ1n) is 7.35. The normalized spacial score (nSPS) is 15.1. The third-order valence-electron chi connectivity index (χ3n) is 3.76.